The smallest absolute Gasteiger partial charge is 0.335 e. The standard InChI is InChI=1S/C14H15F3N4OS/c15-14(16,17)9-20-5-2-6-21(8-7-20)13(22)12-19-10-3-1-4-18-11(10)23-12/h1,3-4H,2,5-9H2. The average molecular weight is 344 g/mol. The Kier molecular flexibility index (Phi) is 4.49. The summed E-state index contributed by atoms with van der Waals surface area (Å²) in [6.07, 6.45) is -2.06. The Morgan fingerprint density at radius 3 is 2.83 bits per heavy atom. The molecule has 3 rings (SSSR count). The quantitative estimate of drug-likeness (QED) is 0.839. The summed E-state index contributed by atoms with van der Waals surface area (Å²) in [6.45, 7) is 0.341. The molecule has 0 aromatic carbocycles. The molecule has 23 heavy (non-hydrogen) atoms. The molecular weight excluding hydrogens is 329 g/mol. The molecule has 0 spiro atoms. The zero-order chi connectivity index (χ0) is 16.4. The number of nitrogens with zero attached hydrogens (tertiary/aromatic N) is 4. The van der Waals surface area contributed by atoms with Crippen molar-refractivity contribution in [1.82, 2.24) is 19.8 Å². The molecule has 0 atom stereocenters. The van der Waals surface area contributed by atoms with Gasteiger partial charge in [0.25, 0.3) is 5.91 Å². The van der Waals surface area contributed by atoms with Crippen molar-refractivity contribution in [2.75, 3.05) is 32.7 Å². The minimum atomic E-state index is -4.21. The number of halogens is 3. The van der Waals surface area contributed by atoms with Gasteiger partial charge in [0, 0.05) is 32.4 Å². The number of hydrogen-bond donors (Lipinski definition) is 0. The van der Waals surface area contributed by atoms with E-state index >= 15 is 0 Å². The minimum absolute atomic E-state index is 0.217. The fourth-order valence-corrected chi connectivity index (χ4v) is 3.46. The summed E-state index contributed by atoms with van der Waals surface area (Å²) in [5.41, 5.74) is 0.661. The van der Waals surface area contributed by atoms with Gasteiger partial charge in [0.05, 0.1) is 6.54 Å². The first-order valence-electron chi connectivity index (χ1n) is 7.22. The second-order valence-corrected chi connectivity index (χ2v) is 6.36. The predicted octanol–water partition coefficient (Wildman–Crippen LogP) is 2.40. The van der Waals surface area contributed by atoms with Gasteiger partial charge in [0.15, 0.2) is 5.01 Å². The van der Waals surface area contributed by atoms with Gasteiger partial charge in [-0.05, 0) is 18.6 Å². The molecule has 0 N–H and O–H groups in total. The van der Waals surface area contributed by atoms with Gasteiger partial charge in [-0.1, -0.05) is 11.3 Å². The van der Waals surface area contributed by atoms with E-state index in [2.05, 4.69) is 9.97 Å². The highest BCUT2D eigenvalue weighted by Crippen LogP contribution is 2.22. The lowest BCUT2D eigenvalue weighted by Crippen LogP contribution is -2.38. The van der Waals surface area contributed by atoms with Crippen LogP contribution in [-0.2, 0) is 0 Å². The van der Waals surface area contributed by atoms with E-state index in [9.17, 15) is 18.0 Å². The Bertz CT molecular complexity index is 670. The maximum atomic E-state index is 12.5. The molecule has 0 bridgehead atoms. The number of rotatable bonds is 2. The van der Waals surface area contributed by atoms with E-state index in [1.807, 2.05) is 0 Å². The van der Waals surface area contributed by atoms with Gasteiger partial charge in [-0.15, -0.1) is 0 Å². The minimum Gasteiger partial charge on any atom is -0.335 e. The van der Waals surface area contributed by atoms with Crippen molar-refractivity contribution in [2.45, 2.75) is 12.6 Å². The van der Waals surface area contributed by atoms with Crippen LogP contribution in [0.15, 0.2) is 18.3 Å². The lowest BCUT2D eigenvalue weighted by molar-refractivity contribution is -0.145. The van der Waals surface area contributed by atoms with Crippen LogP contribution in [0.2, 0.25) is 0 Å². The van der Waals surface area contributed by atoms with E-state index in [-0.39, 0.29) is 19.0 Å². The van der Waals surface area contributed by atoms with Crippen molar-refractivity contribution in [1.29, 1.82) is 0 Å². The number of amides is 1. The van der Waals surface area contributed by atoms with Crippen LogP contribution in [0.5, 0.6) is 0 Å². The maximum absolute atomic E-state index is 12.5. The third-order valence-electron chi connectivity index (χ3n) is 3.63. The first-order valence-corrected chi connectivity index (χ1v) is 8.04. The molecule has 1 aliphatic heterocycles. The van der Waals surface area contributed by atoms with Gasteiger partial charge in [-0.25, -0.2) is 9.97 Å². The zero-order valence-electron chi connectivity index (χ0n) is 12.2. The average Bonchev–Trinajstić information content (AvgIpc) is 2.79. The number of fused-ring (bicyclic) bond motifs is 1. The third kappa shape index (κ3) is 3.97. The molecule has 2 aromatic rings. The summed E-state index contributed by atoms with van der Waals surface area (Å²) < 4.78 is 37.4. The van der Waals surface area contributed by atoms with Crippen LogP contribution in [0.1, 0.15) is 16.2 Å². The number of carbonyl (C=O) groups is 1. The van der Waals surface area contributed by atoms with E-state index in [0.29, 0.717) is 34.9 Å². The molecule has 124 valence electrons. The lowest BCUT2D eigenvalue weighted by atomic mass is 10.3. The summed E-state index contributed by atoms with van der Waals surface area (Å²) in [4.78, 5) is 24.5. The zero-order valence-corrected chi connectivity index (χ0v) is 13.0. The Morgan fingerprint density at radius 1 is 1.26 bits per heavy atom. The highest BCUT2D eigenvalue weighted by Gasteiger charge is 2.32. The van der Waals surface area contributed by atoms with Gasteiger partial charge >= 0.3 is 6.18 Å². The van der Waals surface area contributed by atoms with Crippen LogP contribution in [0.4, 0.5) is 13.2 Å². The highest BCUT2D eigenvalue weighted by molar-refractivity contribution is 7.19. The molecule has 1 aliphatic rings. The van der Waals surface area contributed by atoms with E-state index in [1.165, 1.54) is 16.2 Å². The fourth-order valence-electron chi connectivity index (χ4n) is 2.58. The molecule has 0 saturated carbocycles. The second kappa shape index (κ2) is 6.40. The van der Waals surface area contributed by atoms with Crippen molar-refractivity contribution in [3.63, 3.8) is 0 Å². The Morgan fingerprint density at radius 2 is 2.09 bits per heavy atom. The van der Waals surface area contributed by atoms with E-state index < -0.39 is 12.7 Å². The normalized spacial score (nSPS) is 17.4. The number of hydrogen-bond acceptors (Lipinski definition) is 5. The predicted molar refractivity (Wildman–Crippen MR) is 80.4 cm³/mol. The number of thiazole rings is 1. The Labute approximate surface area is 134 Å². The van der Waals surface area contributed by atoms with Crippen molar-refractivity contribution in [3.8, 4) is 0 Å². The van der Waals surface area contributed by atoms with Gasteiger partial charge in [-0.2, -0.15) is 13.2 Å². The van der Waals surface area contributed by atoms with Gasteiger partial charge < -0.3 is 4.90 Å². The summed E-state index contributed by atoms with van der Waals surface area (Å²) in [5, 5.41) is 0.336. The molecule has 0 aliphatic carbocycles. The summed E-state index contributed by atoms with van der Waals surface area (Å²) in [5.74, 6) is -0.234. The van der Waals surface area contributed by atoms with Crippen LogP contribution >= 0.6 is 11.3 Å². The van der Waals surface area contributed by atoms with Crippen LogP contribution in [0, 0.1) is 0 Å². The Balaban J connectivity index is 1.68. The molecule has 9 heteroatoms. The fraction of sp³-hybridized carbons (Fsp3) is 0.500. The monoisotopic (exact) mass is 344 g/mol. The molecule has 5 nitrogen and oxygen atoms in total. The van der Waals surface area contributed by atoms with Crippen LogP contribution in [0.25, 0.3) is 10.3 Å². The van der Waals surface area contributed by atoms with Gasteiger partial charge in [0.1, 0.15) is 10.3 Å². The van der Waals surface area contributed by atoms with E-state index in [0.717, 1.165) is 0 Å². The summed E-state index contributed by atoms with van der Waals surface area (Å²) in [7, 11) is 0. The molecule has 0 unspecified atom stereocenters. The molecule has 0 radical (unpaired) electrons. The number of alkyl halides is 3. The first-order chi connectivity index (χ1) is 10.9. The third-order valence-corrected chi connectivity index (χ3v) is 4.60. The molecular formula is C14H15F3N4OS. The van der Waals surface area contributed by atoms with E-state index in [1.54, 1.807) is 23.2 Å². The molecule has 3 heterocycles. The van der Waals surface area contributed by atoms with Crippen LogP contribution < -0.4 is 0 Å². The van der Waals surface area contributed by atoms with Crippen LogP contribution in [-0.4, -0.2) is 64.6 Å². The number of aromatic nitrogens is 2. The highest BCUT2D eigenvalue weighted by atomic mass is 32.1. The van der Waals surface area contributed by atoms with Crippen LogP contribution in [0.3, 0.4) is 0 Å². The van der Waals surface area contributed by atoms with Crippen molar-refractivity contribution >= 4 is 27.6 Å². The maximum Gasteiger partial charge on any atom is 0.401 e. The summed E-state index contributed by atoms with van der Waals surface area (Å²) >= 11 is 1.21. The Hall–Kier alpha value is -1.74. The number of pyridine rings is 1. The molecule has 1 saturated heterocycles. The van der Waals surface area contributed by atoms with Crippen molar-refractivity contribution in [2.24, 2.45) is 0 Å². The van der Waals surface area contributed by atoms with Crippen molar-refractivity contribution in [3.05, 3.63) is 23.3 Å². The molecule has 2 aromatic heterocycles. The number of carbonyl (C=O) groups excluding carboxylic acids is 1. The van der Waals surface area contributed by atoms with E-state index in [4.69, 9.17) is 0 Å². The second-order valence-electron chi connectivity index (χ2n) is 5.38. The van der Waals surface area contributed by atoms with Crippen molar-refractivity contribution < 1.29 is 18.0 Å². The summed E-state index contributed by atoms with van der Waals surface area (Å²) in [6, 6.07) is 3.53. The SMILES string of the molecule is O=C(c1nc2cccnc2s1)N1CCCN(CC(F)(F)F)CC1. The molecule has 1 amide bonds. The lowest BCUT2D eigenvalue weighted by Gasteiger charge is -2.22. The van der Waals surface area contributed by atoms with Gasteiger partial charge in [-0.3, -0.25) is 9.69 Å². The van der Waals surface area contributed by atoms with Gasteiger partial charge in [0.2, 0.25) is 0 Å². The molecule has 1 fully saturated rings. The topological polar surface area (TPSA) is 49.3 Å². The first kappa shape index (κ1) is 16.1. The largest absolute Gasteiger partial charge is 0.401 e.